The highest BCUT2D eigenvalue weighted by Gasteiger charge is 2.75. The maximum absolute atomic E-state index is 14.6. The van der Waals surface area contributed by atoms with Gasteiger partial charge in [0.15, 0.2) is 5.78 Å². The number of amides is 1. The maximum Gasteiger partial charge on any atom is 0.305 e. The molecule has 0 bridgehead atoms. The number of rotatable bonds is 6. The number of carbonyl (C=O) groups is 4. The summed E-state index contributed by atoms with van der Waals surface area (Å²) in [6.07, 6.45) is 3.28. The molecular weight excluding hydrogens is 498 g/mol. The van der Waals surface area contributed by atoms with Crippen molar-refractivity contribution in [2.24, 2.45) is 34.0 Å². The average molecular weight is 540 g/mol. The van der Waals surface area contributed by atoms with Crippen LogP contribution in [-0.2, 0) is 28.7 Å². The number of fused-ring (bicyclic) bond motifs is 4. The molecule has 3 aliphatic carbocycles. The van der Waals surface area contributed by atoms with E-state index in [1.54, 1.807) is 12.5 Å². The molecule has 1 aromatic rings. The maximum atomic E-state index is 14.6. The Morgan fingerprint density at radius 2 is 1.90 bits per heavy atom. The Kier molecular flexibility index (Phi) is 6.72. The molecule has 0 radical (unpaired) electrons. The third-order valence-corrected chi connectivity index (χ3v) is 10.6. The molecule has 5 rings (SSSR count). The summed E-state index contributed by atoms with van der Waals surface area (Å²) in [7, 11) is 1.34. The van der Waals surface area contributed by atoms with E-state index in [0.29, 0.717) is 13.0 Å². The molecule has 1 saturated heterocycles. The largest absolute Gasteiger partial charge is 0.472 e. The first-order chi connectivity index (χ1) is 18.3. The van der Waals surface area contributed by atoms with Crippen molar-refractivity contribution in [2.75, 3.05) is 13.7 Å². The van der Waals surface area contributed by atoms with Crippen LogP contribution in [0.1, 0.15) is 78.7 Å². The van der Waals surface area contributed by atoms with E-state index >= 15 is 0 Å². The zero-order valence-corrected chi connectivity index (χ0v) is 24.1. The van der Waals surface area contributed by atoms with Crippen LogP contribution >= 0.6 is 0 Å². The van der Waals surface area contributed by atoms with Crippen molar-refractivity contribution in [1.82, 2.24) is 5.32 Å². The number of allylic oxidation sites excluding steroid dienone is 1. The van der Waals surface area contributed by atoms with E-state index in [2.05, 4.69) is 12.2 Å². The van der Waals surface area contributed by atoms with Crippen molar-refractivity contribution in [2.45, 2.75) is 85.4 Å². The monoisotopic (exact) mass is 539 g/mol. The summed E-state index contributed by atoms with van der Waals surface area (Å²) in [5, 5.41) is 3.03. The van der Waals surface area contributed by atoms with Gasteiger partial charge < -0.3 is 19.2 Å². The molecule has 212 valence electrons. The van der Waals surface area contributed by atoms with Crippen molar-refractivity contribution in [1.29, 1.82) is 0 Å². The second-order valence-corrected chi connectivity index (χ2v) is 13.1. The lowest BCUT2D eigenvalue weighted by Crippen LogP contribution is -2.69. The number of esters is 1. The minimum Gasteiger partial charge on any atom is -0.472 e. The number of furan rings is 1. The molecule has 0 spiro atoms. The van der Waals surface area contributed by atoms with Gasteiger partial charge in [0, 0.05) is 35.6 Å². The first-order valence-electron chi connectivity index (χ1n) is 14.1. The molecule has 1 N–H and O–H groups in total. The average Bonchev–Trinajstić information content (AvgIpc) is 3.59. The summed E-state index contributed by atoms with van der Waals surface area (Å²) in [6, 6.07) is 1.94. The van der Waals surface area contributed by atoms with Gasteiger partial charge in [0.05, 0.1) is 37.6 Å². The SMILES string of the molecule is COC(=O)C[C@H]1[C@]2(C)C3=C(C)[C@H](c4ccoc4)C[C@H]3O[C@@H]2C(=O)[C@@H]2[C@]1(C)C(=O)CC[C@@]2(C)C(=O)NCC(C)C. The van der Waals surface area contributed by atoms with Crippen LogP contribution in [-0.4, -0.2) is 49.3 Å². The van der Waals surface area contributed by atoms with Crippen LogP contribution < -0.4 is 5.32 Å². The lowest BCUT2D eigenvalue weighted by molar-refractivity contribution is -0.191. The third-order valence-electron chi connectivity index (χ3n) is 10.6. The quantitative estimate of drug-likeness (QED) is 0.422. The van der Waals surface area contributed by atoms with Gasteiger partial charge in [-0.15, -0.1) is 0 Å². The standard InChI is InChI=1S/C31H41NO7/c1-16(2)14-32-28(36)29(4)10-8-22(33)30(5)21(13-23(34)37-7)31(6)24-17(3)19(18-9-11-38-15-18)12-20(24)39-27(31)25(35)26(29)30/h9,11,15-16,19-21,26-27H,8,10,12-14H2,1-7H3,(H,32,36)/t19-,20-,21-,26+,27-,29-,30+,31-/m1/s1. The molecule has 0 unspecified atom stereocenters. The molecule has 1 amide bonds. The molecule has 8 atom stereocenters. The van der Waals surface area contributed by atoms with Gasteiger partial charge in [0.2, 0.25) is 5.91 Å². The van der Waals surface area contributed by atoms with E-state index < -0.39 is 40.2 Å². The molecule has 2 saturated carbocycles. The molecule has 3 fully saturated rings. The molecule has 0 aromatic carbocycles. The fourth-order valence-electron chi connectivity index (χ4n) is 8.69. The smallest absolute Gasteiger partial charge is 0.305 e. The minimum atomic E-state index is -1.24. The number of nitrogens with one attached hydrogen (secondary N) is 1. The van der Waals surface area contributed by atoms with E-state index in [1.165, 1.54) is 7.11 Å². The number of hydrogen-bond acceptors (Lipinski definition) is 7. The fourth-order valence-corrected chi connectivity index (χ4v) is 8.69. The number of carbonyl (C=O) groups excluding carboxylic acids is 4. The Bertz CT molecular complexity index is 1230. The normalized spacial score (nSPS) is 39.4. The lowest BCUT2D eigenvalue weighted by atomic mass is 9.40. The number of ether oxygens (including phenoxy) is 2. The predicted molar refractivity (Wildman–Crippen MR) is 142 cm³/mol. The minimum absolute atomic E-state index is 0.0392. The van der Waals surface area contributed by atoms with E-state index in [1.807, 2.05) is 40.7 Å². The molecular formula is C31H41NO7. The van der Waals surface area contributed by atoms with Gasteiger partial charge in [-0.05, 0) is 48.8 Å². The summed E-state index contributed by atoms with van der Waals surface area (Å²) in [4.78, 5) is 55.3. The number of Topliss-reactive ketones (excluding diaryl/α,β-unsaturated/α-hetero) is 2. The Hall–Kier alpha value is -2.74. The van der Waals surface area contributed by atoms with Crippen LogP contribution in [0, 0.1) is 34.0 Å². The number of ketones is 2. The van der Waals surface area contributed by atoms with Gasteiger partial charge in [0.1, 0.15) is 11.9 Å². The van der Waals surface area contributed by atoms with Crippen molar-refractivity contribution < 1.29 is 33.1 Å². The van der Waals surface area contributed by atoms with Gasteiger partial charge >= 0.3 is 5.97 Å². The Morgan fingerprint density at radius 3 is 2.51 bits per heavy atom. The fraction of sp³-hybridized carbons (Fsp3) is 0.677. The van der Waals surface area contributed by atoms with Gasteiger partial charge in [-0.2, -0.15) is 0 Å². The topological polar surface area (TPSA) is 112 Å². The summed E-state index contributed by atoms with van der Waals surface area (Å²) in [5.74, 6) is -2.12. The molecule has 2 heterocycles. The highest BCUT2D eigenvalue weighted by molar-refractivity contribution is 6.03. The van der Waals surface area contributed by atoms with E-state index in [9.17, 15) is 19.2 Å². The van der Waals surface area contributed by atoms with Crippen LogP contribution in [0.3, 0.4) is 0 Å². The number of hydrogen-bond donors (Lipinski definition) is 1. The number of methoxy groups -OCH3 is 1. The van der Waals surface area contributed by atoms with Crippen molar-refractivity contribution >= 4 is 23.4 Å². The summed E-state index contributed by atoms with van der Waals surface area (Å²) < 4.78 is 17.1. The zero-order chi connectivity index (χ0) is 28.5. The van der Waals surface area contributed by atoms with Crippen LogP contribution in [0.25, 0.3) is 0 Å². The molecule has 4 aliphatic rings. The molecule has 1 aromatic heterocycles. The zero-order valence-electron chi connectivity index (χ0n) is 24.1. The van der Waals surface area contributed by atoms with Gasteiger partial charge in [-0.3, -0.25) is 19.2 Å². The first-order valence-corrected chi connectivity index (χ1v) is 14.1. The second-order valence-electron chi connectivity index (χ2n) is 13.1. The van der Waals surface area contributed by atoms with Gasteiger partial charge in [-0.25, -0.2) is 0 Å². The molecule has 1 aliphatic heterocycles. The van der Waals surface area contributed by atoms with Crippen molar-refractivity contribution in [3.8, 4) is 0 Å². The van der Waals surface area contributed by atoms with E-state index in [-0.39, 0.29) is 54.7 Å². The van der Waals surface area contributed by atoms with Gasteiger partial charge in [0.25, 0.3) is 0 Å². The Labute approximate surface area is 230 Å². The highest BCUT2D eigenvalue weighted by atomic mass is 16.5. The predicted octanol–water partition coefficient (Wildman–Crippen LogP) is 4.38. The van der Waals surface area contributed by atoms with Crippen LogP contribution in [0.2, 0.25) is 0 Å². The van der Waals surface area contributed by atoms with Gasteiger partial charge in [-0.1, -0.05) is 40.2 Å². The van der Waals surface area contributed by atoms with Crippen LogP contribution in [0.15, 0.2) is 34.2 Å². The summed E-state index contributed by atoms with van der Waals surface area (Å²) in [5.41, 5.74) is -0.100. The summed E-state index contributed by atoms with van der Waals surface area (Å²) >= 11 is 0. The van der Waals surface area contributed by atoms with Crippen LogP contribution in [0.5, 0.6) is 0 Å². The van der Waals surface area contributed by atoms with Crippen LogP contribution in [0.4, 0.5) is 0 Å². The lowest BCUT2D eigenvalue weighted by Gasteiger charge is -2.60. The molecule has 39 heavy (non-hydrogen) atoms. The molecule has 8 heteroatoms. The van der Waals surface area contributed by atoms with Crippen molar-refractivity contribution in [3.05, 3.63) is 35.3 Å². The Morgan fingerprint density at radius 1 is 1.18 bits per heavy atom. The molecule has 8 nitrogen and oxygen atoms in total. The third kappa shape index (κ3) is 3.80. The van der Waals surface area contributed by atoms with Crippen molar-refractivity contribution in [3.63, 3.8) is 0 Å². The van der Waals surface area contributed by atoms with E-state index in [0.717, 1.165) is 16.7 Å². The second kappa shape index (κ2) is 9.43. The Balaban J connectivity index is 1.67. The first kappa shape index (κ1) is 27.8. The van der Waals surface area contributed by atoms with E-state index in [4.69, 9.17) is 13.9 Å². The summed E-state index contributed by atoms with van der Waals surface area (Å²) in [6.45, 7) is 12.2. The highest BCUT2D eigenvalue weighted by Crippen LogP contribution is 2.69.